The highest BCUT2D eigenvalue weighted by Gasteiger charge is 2.34. The van der Waals surface area contributed by atoms with Crippen LogP contribution in [0.25, 0.3) is 0 Å². The molecule has 0 unspecified atom stereocenters. The lowest BCUT2D eigenvalue weighted by atomic mass is 10.1. The van der Waals surface area contributed by atoms with Crippen LogP contribution >= 0.6 is 0 Å². The van der Waals surface area contributed by atoms with E-state index in [0.717, 1.165) is 17.8 Å². The highest BCUT2D eigenvalue weighted by atomic mass is 16.6. The van der Waals surface area contributed by atoms with Crippen molar-refractivity contribution in [1.29, 1.82) is 0 Å². The minimum absolute atomic E-state index is 0.121. The van der Waals surface area contributed by atoms with Crippen molar-refractivity contribution < 1.29 is 19.4 Å². The van der Waals surface area contributed by atoms with Crippen LogP contribution < -0.4 is 20.3 Å². The molecule has 1 amide bonds. The first kappa shape index (κ1) is 19.9. The highest BCUT2D eigenvalue weighted by molar-refractivity contribution is 5.96. The SMILES string of the molecule is COc1ccccc1N1CCN(c2c([N+](=O)[O-])cc(C(N)=O)cc2[N+](=O)[O-])CC1. The monoisotopic (exact) mass is 401 g/mol. The Bertz CT molecular complexity index is 936. The van der Waals surface area contributed by atoms with Gasteiger partial charge < -0.3 is 20.3 Å². The quantitative estimate of drug-likeness (QED) is 0.571. The molecule has 0 spiro atoms. The van der Waals surface area contributed by atoms with Gasteiger partial charge in [0.1, 0.15) is 5.75 Å². The molecule has 2 aromatic carbocycles. The summed E-state index contributed by atoms with van der Waals surface area (Å²) in [5.41, 5.74) is 4.62. The fourth-order valence-electron chi connectivity index (χ4n) is 3.41. The van der Waals surface area contributed by atoms with E-state index in [0.29, 0.717) is 31.9 Å². The molecule has 0 saturated carbocycles. The zero-order valence-electron chi connectivity index (χ0n) is 15.6. The van der Waals surface area contributed by atoms with E-state index in [1.807, 2.05) is 29.2 Å². The van der Waals surface area contributed by atoms with Crippen molar-refractivity contribution in [3.8, 4) is 5.75 Å². The maximum atomic E-state index is 11.6. The van der Waals surface area contributed by atoms with Crippen LogP contribution in [0.15, 0.2) is 36.4 Å². The Kier molecular flexibility index (Phi) is 5.48. The fraction of sp³-hybridized carbons (Fsp3) is 0.278. The van der Waals surface area contributed by atoms with Gasteiger partial charge >= 0.3 is 0 Å². The first-order valence-corrected chi connectivity index (χ1v) is 8.73. The topological polar surface area (TPSA) is 145 Å². The molecule has 11 nitrogen and oxygen atoms in total. The smallest absolute Gasteiger partial charge is 0.300 e. The van der Waals surface area contributed by atoms with Gasteiger partial charge in [0.15, 0.2) is 5.69 Å². The number of amides is 1. The molecule has 3 rings (SSSR count). The second-order valence-electron chi connectivity index (χ2n) is 6.39. The molecule has 1 saturated heterocycles. The van der Waals surface area contributed by atoms with Crippen LogP contribution in [0.1, 0.15) is 10.4 Å². The summed E-state index contributed by atoms with van der Waals surface area (Å²) in [6, 6.07) is 9.43. The number of hydrogen-bond donors (Lipinski definition) is 1. The molecule has 0 aromatic heterocycles. The molecule has 0 radical (unpaired) electrons. The van der Waals surface area contributed by atoms with Crippen LogP contribution in [-0.4, -0.2) is 49.0 Å². The molecule has 2 N–H and O–H groups in total. The summed E-state index contributed by atoms with van der Waals surface area (Å²) in [6.45, 7) is 1.59. The van der Waals surface area contributed by atoms with Gasteiger partial charge in [0.2, 0.25) is 5.91 Å². The lowest BCUT2D eigenvalue weighted by molar-refractivity contribution is -0.392. The van der Waals surface area contributed by atoms with E-state index in [2.05, 4.69) is 0 Å². The van der Waals surface area contributed by atoms with Gasteiger partial charge in [-0.05, 0) is 12.1 Å². The average molecular weight is 401 g/mol. The van der Waals surface area contributed by atoms with E-state index in [9.17, 15) is 25.0 Å². The van der Waals surface area contributed by atoms with Crippen molar-refractivity contribution in [1.82, 2.24) is 0 Å². The predicted octanol–water partition coefficient (Wildman–Crippen LogP) is 1.94. The van der Waals surface area contributed by atoms with Gasteiger partial charge in [-0.25, -0.2) is 0 Å². The lowest BCUT2D eigenvalue weighted by Gasteiger charge is -2.37. The van der Waals surface area contributed by atoms with Gasteiger partial charge in [-0.15, -0.1) is 0 Å². The second kappa shape index (κ2) is 8.00. The van der Waals surface area contributed by atoms with Gasteiger partial charge in [0.05, 0.1) is 28.2 Å². The maximum Gasteiger partial charge on any atom is 0.300 e. The van der Waals surface area contributed by atoms with Crippen molar-refractivity contribution in [2.24, 2.45) is 5.73 Å². The summed E-state index contributed by atoms with van der Waals surface area (Å²) in [4.78, 5) is 36.7. The Morgan fingerprint density at radius 3 is 2.00 bits per heavy atom. The Morgan fingerprint density at radius 2 is 1.52 bits per heavy atom. The molecule has 0 bridgehead atoms. The highest BCUT2D eigenvalue weighted by Crippen LogP contribution is 2.40. The third-order valence-corrected chi connectivity index (χ3v) is 4.77. The van der Waals surface area contributed by atoms with Gasteiger partial charge in [-0.2, -0.15) is 0 Å². The number of rotatable bonds is 6. The molecule has 0 atom stereocenters. The summed E-state index contributed by atoms with van der Waals surface area (Å²) in [5, 5.41) is 23.1. The lowest BCUT2D eigenvalue weighted by Crippen LogP contribution is -2.47. The van der Waals surface area contributed by atoms with Gasteiger partial charge in [-0.3, -0.25) is 25.0 Å². The molecule has 1 heterocycles. The van der Waals surface area contributed by atoms with Crippen LogP contribution in [0.5, 0.6) is 5.75 Å². The van der Waals surface area contributed by atoms with Gasteiger partial charge in [-0.1, -0.05) is 12.1 Å². The van der Waals surface area contributed by atoms with Crippen LogP contribution in [0.4, 0.5) is 22.7 Å². The zero-order chi connectivity index (χ0) is 21.1. The number of nitro groups is 2. The van der Waals surface area contributed by atoms with E-state index in [1.165, 1.54) is 0 Å². The number of para-hydroxylation sites is 2. The number of methoxy groups -OCH3 is 1. The summed E-state index contributed by atoms with van der Waals surface area (Å²) >= 11 is 0. The van der Waals surface area contributed by atoms with Crippen molar-refractivity contribution in [2.75, 3.05) is 43.1 Å². The van der Waals surface area contributed by atoms with E-state index >= 15 is 0 Å². The van der Waals surface area contributed by atoms with Crippen molar-refractivity contribution in [2.45, 2.75) is 0 Å². The molecular weight excluding hydrogens is 382 g/mol. The maximum absolute atomic E-state index is 11.6. The average Bonchev–Trinajstić information content (AvgIpc) is 2.72. The number of nitrogens with zero attached hydrogens (tertiary/aromatic N) is 4. The largest absolute Gasteiger partial charge is 0.495 e. The van der Waals surface area contributed by atoms with E-state index in [1.54, 1.807) is 12.0 Å². The van der Waals surface area contributed by atoms with Crippen LogP contribution in [0.3, 0.4) is 0 Å². The number of anilines is 2. The molecule has 0 aliphatic carbocycles. The van der Waals surface area contributed by atoms with Gasteiger partial charge in [0.25, 0.3) is 11.4 Å². The zero-order valence-corrected chi connectivity index (χ0v) is 15.6. The van der Waals surface area contributed by atoms with E-state index < -0.39 is 27.1 Å². The molecular formula is C18H19N5O6. The van der Waals surface area contributed by atoms with Crippen molar-refractivity contribution >= 4 is 28.7 Å². The number of primary amides is 1. The van der Waals surface area contributed by atoms with Gasteiger partial charge in [0, 0.05) is 38.3 Å². The Balaban J connectivity index is 1.95. The molecule has 2 aromatic rings. The molecule has 29 heavy (non-hydrogen) atoms. The number of carbonyl (C=O) groups excluding carboxylic acids is 1. The van der Waals surface area contributed by atoms with E-state index in [4.69, 9.17) is 10.5 Å². The summed E-state index contributed by atoms with van der Waals surface area (Å²) in [6.07, 6.45) is 0. The van der Waals surface area contributed by atoms with Crippen LogP contribution in [0.2, 0.25) is 0 Å². The summed E-state index contributed by atoms with van der Waals surface area (Å²) in [5.74, 6) is -0.271. The van der Waals surface area contributed by atoms with Crippen LogP contribution in [-0.2, 0) is 0 Å². The Morgan fingerprint density at radius 1 is 1.00 bits per heavy atom. The number of carbonyl (C=O) groups is 1. The number of nitrogens with two attached hydrogens (primary N) is 1. The fourth-order valence-corrected chi connectivity index (χ4v) is 3.41. The number of nitro benzene ring substituents is 2. The number of ether oxygens (including phenoxy) is 1. The molecule has 1 aliphatic rings. The third-order valence-electron chi connectivity index (χ3n) is 4.77. The van der Waals surface area contributed by atoms with Crippen molar-refractivity contribution in [3.63, 3.8) is 0 Å². The molecule has 1 fully saturated rings. The molecule has 1 aliphatic heterocycles. The van der Waals surface area contributed by atoms with Crippen LogP contribution in [0, 0.1) is 20.2 Å². The normalized spacial score (nSPS) is 13.8. The van der Waals surface area contributed by atoms with E-state index in [-0.39, 0.29) is 11.3 Å². The minimum atomic E-state index is -0.969. The number of benzene rings is 2. The van der Waals surface area contributed by atoms with Crippen molar-refractivity contribution in [3.05, 3.63) is 62.2 Å². The summed E-state index contributed by atoms with van der Waals surface area (Å²) < 4.78 is 5.37. The molecule has 152 valence electrons. The molecule has 11 heteroatoms. The number of piperazine rings is 1. The first-order valence-electron chi connectivity index (χ1n) is 8.73. The predicted molar refractivity (Wildman–Crippen MR) is 106 cm³/mol. The summed E-state index contributed by atoms with van der Waals surface area (Å²) in [7, 11) is 1.57. The Labute approximate surface area is 165 Å². The standard InChI is InChI=1S/C18H19N5O6/c1-29-16-5-3-2-4-13(16)20-6-8-21(9-7-20)17-14(22(25)26)10-12(18(19)24)11-15(17)23(27)28/h2-5,10-11H,6-9H2,1H3,(H2,19,24). The third kappa shape index (κ3) is 3.88. The Hall–Kier alpha value is -3.89. The minimum Gasteiger partial charge on any atom is -0.495 e. The second-order valence-corrected chi connectivity index (χ2v) is 6.39. The first-order chi connectivity index (χ1) is 13.8. The number of hydrogen-bond acceptors (Lipinski definition) is 8.